The quantitative estimate of drug-likeness (QED) is 0.405. The molecule has 0 radical (unpaired) electrons. The van der Waals surface area contributed by atoms with Gasteiger partial charge in [-0.15, -0.1) is 0 Å². The molecule has 0 saturated heterocycles. The first-order chi connectivity index (χ1) is 13.3. The summed E-state index contributed by atoms with van der Waals surface area (Å²) in [6, 6.07) is 5.22. The summed E-state index contributed by atoms with van der Waals surface area (Å²) in [5.41, 5.74) is 4.13. The highest BCUT2D eigenvalue weighted by molar-refractivity contribution is 5.86. The van der Waals surface area contributed by atoms with Gasteiger partial charge in [0.05, 0.1) is 11.1 Å². The van der Waals surface area contributed by atoms with Gasteiger partial charge in [-0.3, -0.25) is 19.6 Å². The SMILES string of the molecule is CCN(CC)c1ccc(/C=N\NC(=O)Cn2nc(C)c([N+](=O)[O-])c2C)c(O)c1. The number of nitrogens with zero attached hydrogens (tertiary/aromatic N) is 5. The zero-order valence-corrected chi connectivity index (χ0v) is 16.3. The van der Waals surface area contributed by atoms with E-state index in [0.717, 1.165) is 18.8 Å². The van der Waals surface area contributed by atoms with E-state index >= 15 is 0 Å². The lowest BCUT2D eigenvalue weighted by Crippen LogP contribution is -2.24. The number of hydrazone groups is 1. The molecule has 1 aromatic carbocycles. The Hall–Kier alpha value is -3.43. The Bertz CT molecular complexity index is 902. The molecule has 0 aliphatic rings. The van der Waals surface area contributed by atoms with Crippen molar-refractivity contribution in [3.8, 4) is 5.75 Å². The maximum Gasteiger partial charge on any atom is 0.312 e. The van der Waals surface area contributed by atoms with Crippen molar-refractivity contribution < 1.29 is 14.8 Å². The van der Waals surface area contributed by atoms with Gasteiger partial charge < -0.3 is 10.0 Å². The number of phenolic OH excluding ortho intramolecular Hbond substituents is 1. The number of aryl methyl sites for hydroxylation is 1. The van der Waals surface area contributed by atoms with Crippen molar-refractivity contribution in [1.29, 1.82) is 0 Å². The van der Waals surface area contributed by atoms with Gasteiger partial charge in [0.1, 0.15) is 23.7 Å². The number of carbonyl (C=O) groups excluding carboxylic acids is 1. The van der Waals surface area contributed by atoms with E-state index < -0.39 is 10.8 Å². The van der Waals surface area contributed by atoms with Crippen LogP contribution >= 0.6 is 0 Å². The Labute approximate surface area is 162 Å². The van der Waals surface area contributed by atoms with Gasteiger partial charge >= 0.3 is 5.69 Å². The second-order valence-electron chi connectivity index (χ2n) is 6.14. The van der Waals surface area contributed by atoms with Crippen molar-refractivity contribution in [2.24, 2.45) is 5.10 Å². The van der Waals surface area contributed by atoms with Crippen LogP contribution in [-0.4, -0.2) is 45.0 Å². The van der Waals surface area contributed by atoms with Crippen LogP contribution in [0.5, 0.6) is 5.75 Å². The number of carbonyl (C=O) groups is 1. The van der Waals surface area contributed by atoms with E-state index in [4.69, 9.17) is 0 Å². The first-order valence-corrected chi connectivity index (χ1v) is 8.86. The predicted molar refractivity (Wildman–Crippen MR) is 106 cm³/mol. The smallest absolute Gasteiger partial charge is 0.312 e. The molecule has 10 heteroatoms. The molecular weight excluding hydrogens is 364 g/mol. The summed E-state index contributed by atoms with van der Waals surface area (Å²) in [5, 5.41) is 29.0. The normalized spacial score (nSPS) is 11.0. The monoisotopic (exact) mass is 388 g/mol. The van der Waals surface area contributed by atoms with Crippen LogP contribution in [0.4, 0.5) is 11.4 Å². The number of nitro groups is 1. The maximum atomic E-state index is 12.0. The van der Waals surface area contributed by atoms with Gasteiger partial charge in [-0.2, -0.15) is 10.2 Å². The van der Waals surface area contributed by atoms with Crippen molar-refractivity contribution >= 4 is 23.5 Å². The molecule has 2 rings (SSSR count). The number of amides is 1. The lowest BCUT2D eigenvalue weighted by atomic mass is 10.2. The van der Waals surface area contributed by atoms with Crippen LogP contribution in [0.3, 0.4) is 0 Å². The topological polar surface area (TPSA) is 126 Å². The Morgan fingerprint density at radius 2 is 2.07 bits per heavy atom. The van der Waals surface area contributed by atoms with Crippen molar-refractivity contribution in [2.45, 2.75) is 34.2 Å². The van der Waals surface area contributed by atoms with Gasteiger partial charge in [-0.25, -0.2) is 5.43 Å². The van der Waals surface area contributed by atoms with Crippen molar-refractivity contribution in [1.82, 2.24) is 15.2 Å². The standard InChI is InChI=1S/C18H24N6O4/c1-5-22(6-2)15-8-7-14(16(25)9-15)10-19-20-17(26)11-23-13(4)18(24(27)28)12(3)21-23/h7-10,25H,5-6,11H2,1-4H3,(H,20,26)/b19-10-. The summed E-state index contributed by atoms with van der Waals surface area (Å²) < 4.78 is 1.26. The Kier molecular flexibility index (Phi) is 6.69. The van der Waals surface area contributed by atoms with Gasteiger partial charge in [-0.1, -0.05) is 0 Å². The fraction of sp³-hybridized carbons (Fsp3) is 0.389. The van der Waals surface area contributed by atoms with E-state index in [1.54, 1.807) is 12.1 Å². The number of anilines is 1. The summed E-state index contributed by atoms with van der Waals surface area (Å²) >= 11 is 0. The highest BCUT2D eigenvalue weighted by Gasteiger charge is 2.22. The molecule has 0 aliphatic carbocycles. The van der Waals surface area contributed by atoms with Crippen molar-refractivity contribution in [2.75, 3.05) is 18.0 Å². The predicted octanol–water partition coefficient (Wildman–Crippen LogP) is 2.11. The van der Waals surface area contributed by atoms with E-state index in [1.807, 2.05) is 19.9 Å². The summed E-state index contributed by atoms with van der Waals surface area (Å²) in [6.07, 6.45) is 1.34. The maximum absolute atomic E-state index is 12.0. The fourth-order valence-electron chi connectivity index (χ4n) is 2.88. The van der Waals surface area contributed by atoms with Crippen molar-refractivity contribution in [3.05, 3.63) is 45.3 Å². The number of phenols is 1. The largest absolute Gasteiger partial charge is 0.507 e. The van der Waals surface area contributed by atoms with Crippen molar-refractivity contribution in [3.63, 3.8) is 0 Å². The second-order valence-corrected chi connectivity index (χ2v) is 6.14. The van der Waals surface area contributed by atoms with E-state index in [2.05, 4.69) is 20.5 Å². The average molecular weight is 388 g/mol. The van der Waals surface area contributed by atoms with Crippen LogP contribution in [0.2, 0.25) is 0 Å². The average Bonchev–Trinajstić information content (AvgIpc) is 2.91. The molecule has 0 spiro atoms. The number of rotatable bonds is 8. The summed E-state index contributed by atoms with van der Waals surface area (Å²) in [4.78, 5) is 24.6. The highest BCUT2D eigenvalue weighted by Crippen LogP contribution is 2.23. The van der Waals surface area contributed by atoms with Crippen LogP contribution in [0.1, 0.15) is 30.8 Å². The van der Waals surface area contributed by atoms with Crippen LogP contribution in [0.15, 0.2) is 23.3 Å². The van der Waals surface area contributed by atoms with Crippen LogP contribution < -0.4 is 10.3 Å². The zero-order valence-electron chi connectivity index (χ0n) is 16.3. The molecule has 0 fully saturated rings. The molecule has 0 aliphatic heterocycles. The first kappa shape index (κ1) is 20.9. The zero-order chi connectivity index (χ0) is 20.8. The molecule has 0 saturated carbocycles. The minimum absolute atomic E-state index is 0.0524. The molecule has 28 heavy (non-hydrogen) atoms. The Morgan fingerprint density at radius 3 is 2.61 bits per heavy atom. The third-order valence-electron chi connectivity index (χ3n) is 4.35. The van der Waals surface area contributed by atoms with E-state index in [9.17, 15) is 20.0 Å². The molecular formula is C18H24N6O4. The summed E-state index contributed by atoms with van der Waals surface area (Å²) in [5.74, 6) is -0.437. The van der Waals surface area contributed by atoms with Gasteiger partial charge in [0.15, 0.2) is 0 Å². The van der Waals surface area contributed by atoms with Crippen LogP contribution in [0.25, 0.3) is 0 Å². The van der Waals surface area contributed by atoms with E-state index in [0.29, 0.717) is 11.3 Å². The number of hydrogen-bond donors (Lipinski definition) is 2. The third-order valence-corrected chi connectivity index (χ3v) is 4.35. The van der Waals surface area contributed by atoms with Gasteiger partial charge in [0.25, 0.3) is 5.91 Å². The molecule has 1 amide bonds. The third kappa shape index (κ3) is 4.64. The van der Waals surface area contributed by atoms with Crippen LogP contribution in [0, 0.1) is 24.0 Å². The number of aromatic nitrogens is 2. The first-order valence-electron chi connectivity index (χ1n) is 8.86. The molecule has 0 bridgehead atoms. The molecule has 150 valence electrons. The molecule has 0 unspecified atom stereocenters. The minimum atomic E-state index is -0.519. The fourth-order valence-corrected chi connectivity index (χ4v) is 2.88. The van der Waals surface area contributed by atoms with E-state index in [-0.39, 0.29) is 23.7 Å². The number of benzene rings is 1. The highest BCUT2D eigenvalue weighted by atomic mass is 16.6. The minimum Gasteiger partial charge on any atom is -0.507 e. The molecule has 1 heterocycles. The van der Waals surface area contributed by atoms with E-state index in [1.165, 1.54) is 24.7 Å². The summed E-state index contributed by atoms with van der Waals surface area (Å²) in [6.45, 7) is 8.55. The van der Waals surface area contributed by atoms with Gasteiger partial charge in [0.2, 0.25) is 0 Å². The Morgan fingerprint density at radius 1 is 1.39 bits per heavy atom. The second kappa shape index (κ2) is 8.98. The molecule has 10 nitrogen and oxygen atoms in total. The van der Waals surface area contributed by atoms with Crippen LogP contribution in [-0.2, 0) is 11.3 Å². The number of aromatic hydroxyl groups is 1. The molecule has 2 aromatic rings. The Balaban J connectivity index is 2.02. The number of nitrogens with one attached hydrogen (secondary N) is 1. The molecule has 2 N–H and O–H groups in total. The molecule has 0 atom stereocenters. The number of hydrogen-bond acceptors (Lipinski definition) is 7. The van der Waals surface area contributed by atoms with Gasteiger partial charge in [-0.05, 0) is 39.8 Å². The lowest BCUT2D eigenvalue weighted by molar-refractivity contribution is -0.386. The lowest BCUT2D eigenvalue weighted by Gasteiger charge is -2.21. The molecule has 1 aromatic heterocycles. The summed E-state index contributed by atoms with van der Waals surface area (Å²) in [7, 11) is 0. The van der Waals surface area contributed by atoms with Gasteiger partial charge in [0, 0.05) is 30.4 Å².